The third-order valence-electron chi connectivity index (χ3n) is 7.04. The number of hydrogen-bond donors (Lipinski definition) is 0. The van der Waals surface area contributed by atoms with E-state index < -0.39 is 0 Å². The number of fused-ring (bicyclic) bond motifs is 1. The first kappa shape index (κ1) is 24.8. The zero-order valence-electron chi connectivity index (χ0n) is 20.9. The fourth-order valence-corrected chi connectivity index (χ4v) is 4.92. The second-order valence-corrected chi connectivity index (χ2v) is 9.49. The molecule has 1 aromatic heterocycles. The van der Waals surface area contributed by atoms with Gasteiger partial charge >= 0.3 is 0 Å². The van der Waals surface area contributed by atoms with Crippen molar-refractivity contribution in [3.63, 3.8) is 0 Å². The minimum atomic E-state index is -0.196. The van der Waals surface area contributed by atoms with Gasteiger partial charge in [-0.05, 0) is 30.2 Å². The van der Waals surface area contributed by atoms with Crippen LogP contribution in [0.2, 0.25) is 0 Å². The molecule has 0 aliphatic carbocycles. The number of carbonyl (C=O) groups is 1. The van der Waals surface area contributed by atoms with Gasteiger partial charge in [0.05, 0.1) is 11.0 Å². The van der Waals surface area contributed by atoms with Crippen LogP contribution in [0.4, 0.5) is 4.39 Å². The van der Waals surface area contributed by atoms with Gasteiger partial charge in [-0.25, -0.2) is 9.37 Å². The lowest BCUT2D eigenvalue weighted by atomic mass is 10.1. The van der Waals surface area contributed by atoms with Crippen LogP contribution < -0.4 is 5.56 Å². The molecule has 0 saturated carbocycles. The van der Waals surface area contributed by atoms with Crippen molar-refractivity contribution in [3.8, 4) is 0 Å². The molecular formula is C30H31FN4O2. The van der Waals surface area contributed by atoms with Gasteiger partial charge in [0, 0.05) is 57.7 Å². The molecule has 1 aliphatic rings. The van der Waals surface area contributed by atoms with Gasteiger partial charge in [-0.2, -0.15) is 0 Å². The average Bonchev–Trinajstić information content (AvgIpc) is 2.93. The summed E-state index contributed by atoms with van der Waals surface area (Å²) in [6.45, 7) is 3.68. The first-order chi connectivity index (χ1) is 18.1. The fraction of sp³-hybridized carbons (Fsp3) is 0.300. The van der Waals surface area contributed by atoms with Crippen molar-refractivity contribution in [1.29, 1.82) is 0 Å². The number of rotatable bonds is 8. The van der Waals surface area contributed by atoms with E-state index in [0.717, 1.165) is 17.5 Å². The Morgan fingerprint density at radius 2 is 1.54 bits per heavy atom. The summed E-state index contributed by atoms with van der Waals surface area (Å²) in [6.07, 6.45) is 1.29. The van der Waals surface area contributed by atoms with Crippen molar-refractivity contribution in [2.45, 2.75) is 32.4 Å². The maximum atomic E-state index is 14.0. The highest BCUT2D eigenvalue weighted by molar-refractivity contribution is 5.77. The maximum absolute atomic E-state index is 14.0. The van der Waals surface area contributed by atoms with Crippen LogP contribution in [0, 0.1) is 5.82 Å². The number of nitrogens with zero attached hydrogens (tertiary/aromatic N) is 4. The Morgan fingerprint density at radius 3 is 2.32 bits per heavy atom. The zero-order chi connectivity index (χ0) is 25.6. The molecule has 0 unspecified atom stereocenters. The number of benzene rings is 3. The van der Waals surface area contributed by atoms with E-state index in [-0.39, 0.29) is 23.7 Å². The lowest BCUT2D eigenvalue weighted by Crippen LogP contribution is -2.48. The lowest BCUT2D eigenvalue weighted by Gasteiger charge is -2.34. The van der Waals surface area contributed by atoms with Gasteiger partial charge in [0.15, 0.2) is 0 Å². The molecule has 4 aromatic rings. The summed E-state index contributed by atoms with van der Waals surface area (Å²) in [7, 11) is 0. The Hall–Kier alpha value is -3.84. The average molecular weight is 499 g/mol. The summed E-state index contributed by atoms with van der Waals surface area (Å²) in [5, 5.41) is 0. The monoisotopic (exact) mass is 498 g/mol. The van der Waals surface area contributed by atoms with Crippen LogP contribution in [0.3, 0.4) is 0 Å². The van der Waals surface area contributed by atoms with Crippen molar-refractivity contribution in [2.24, 2.45) is 0 Å². The standard InChI is InChI=1S/C30H31FN4O2/c31-25-11-5-4-10-24(25)22-33-18-20-34(21-19-33)29(36)15-14-27-30(37)35(17-16-23-8-2-1-3-9-23)28-13-7-6-12-26(28)32-27/h1-13H,14-22H2. The van der Waals surface area contributed by atoms with E-state index in [1.807, 2.05) is 53.4 Å². The van der Waals surface area contributed by atoms with Crippen LogP contribution in [0.1, 0.15) is 23.2 Å². The second kappa shape index (κ2) is 11.5. The Bertz CT molecular complexity index is 1430. The molecular weight excluding hydrogens is 467 g/mol. The molecule has 0 bridgehead atoms. The van der Waals surface area contributed by atoms with E-state index in [1.54, 1.807) is 16.7 Å². The largest absolute Gasteiger partial charge is 0.340 e. The second-order valence-electron chi connectivity index (χ2n) is 9.49. The highest BCUT2D eigenvalue weighted by Gasteiger charge is 2.22. The summed E-state index contributed by atoms with van der Waals surface area (Å²) in [4.78, 5) is 35.0. The van der Waals surface area contributed by atoms with Crippen molar-refractivity contribution in [1.82, 2.24) is 19.4 Å². The van der Waals surface area contributed by atoms with Crippen molar-refractivity contribution in [2.75, 3.05) is 26.2 Å². The summed E-state index contributed by atoms with van der Waals surface area (Å²) < 4.78 is 15.8. The molecule has 5 rings (SSSR count). The summed E-state index contributed by atoms with van der Waals surface area (Å²) in [5.41, 5.74) is 3.72. The number of aromatic nitrogens is 2. The first-order valence-electron chi connectivity index (χ1n) is 12.8. The van der Waals surface area contributed by atoms with Crippen LogP contribution in [-0.4, -0.2) is 51.4 Å². The minimum absolute atomic E-state index is 0.0238. The highest BCUT2D eigenvalue weighted by atomic mass is 19.1. The molecule has 0 atom stereocenters. The van der Waals surface area contributed by atoms with Gasteiger partial charge in [0.1, 0.15) is 11.5 Å². The van der Waals surface area contributed by atoms with Gasteiger partial charge in [0.25, 0.3) is 5.56 Å². The molecule has 3 aromatic carbocycles. The third-order valence-corrected chi connectivity index (χ3v) is 7.04. The van der Waals surface area contributed by atoms with Crippen molar-refractivity contribution < 1.29 is 9.18 Å². The molecule has 6 nitrogen and oxygen atoms in total. The minimum Gasteiger partial charge on any atom is -0.340 e. The number of amides is 1. The van der Waals surface area contributed by atoms with Crippen LogP contribution in [-0.2, 0) is 30.7 Å². The van der Waals surface area contributed by atoms with Crippen LogP contribution in [0.5, 0.6) is 0 Å². The molecule has 0 spiro atoms. The van der Waals surface area contributed by atoms with Crippen LogP contribution >= 0.6 is 0 Å². The van der Waals surface area contributed by atoms with Gasteiger partial charge < -0.3 is 9.47 Å². The molecule has 7 heteroatoms. The molecule has 1 fully saturated rings. The predicted molar refractivity (Wildman–Crippen MR) is 143 cm³/mol. The van der Waals surface area contributed by atoms with Crippen molar-refractivity contribution >= 4 is 16.9 Å². The van der Waals surface area contributed by atoms with E-state index in [0.29, 0.717) is 56.9 Å². The Morgan fingerprint density at radius 1 is 0.838 bits per heavy atom. The number of halogens is 1. The number of aryl methyl sites for hydroxylation is 3. The van der Waals surface area contributed by atoms with E-state index in [2.05, 4.69) is 22.0 Å². The summed E-state index contributed by atoms with van der Waals surface area (Å²) >= 11 is 0. The molecule has 0 radical (unpaired) electrons. The van der Waals surface area contributed by atoms with E-state index >= 15 is 0 Å². The Labute approximate surface area is 216 Å². The van der Waals surface area contributed by atoms with Gasteiger partial charge in [-0.15, -0.1) is 0 Å². The molecule has 0 N–H and O–H groups in total. The summed E-state index contributed by atoms with van der Waals surface area (Å²) in [5.74, 6) is -0.172. The fourth-order valence-electron chi connectivity index (χ4n) is 4.92. The lowest BCUT2D eigenvalue weighted by molar-refractivity contribution is -0.133. The van der Waals surface area contributed by atoms with Crippen LogP contribution in [0.25, 0.3) is 11.0 Å². The number of carbonyl (C=O) groups excluding carboxylic acids is 1. The van der Waals surface area contributed by atoms with Gasteiger partial charge in [-0.3, -0.25) is 14.5 Å². The van der Waals surface area contributed by atoms with E-state index in [9.17, 15) is 14.0 Å². The number of hydrogen-bond acceptors (Lipinski definition) is 4. The highest BCUT2D eigenvalue weighted by Crippen LogP contribution is 2.15. The molecule has 190 valence electrons. The zero-order valence-corrected chi connectivity index (χ0v) is 20.9. The van der Waals surface area contributed by atoms with Crippen LogP contribution in [0.15, 0.2) is 83.7 Å². The number of para-hydroxylation sites is 2. The predicted octanol–water partition coefficient (Wildman–Crippen LogP) is 4.06. The van der Waals surface area contributed by atoms with Gasteiger partial charge in [-0.1, -0.05) is 60.7 Å². The molecule has 37 heavy (non-hydrogen) atoms. The Kier molecular flexibility index (Phi) is 7.70. The van der Waals surface area contributed by atoms with Crippen molar-refractivity contribution in [3.05, 3.63) is 112 Å². The maximum Gasteiger partial charge on any atom is 0.272 e. The van der Waals surface area contributed by atoms with E-state index in [1.165, 1.54) is 11.6 Å². The third kappa shape index (κ3) is 5.94. The molecule has 1 saturated heterocycles. The quantitative estimate of drug-likeness (QED) is 0.368. The topological polar surface area (TPSA) is 58.4 Å². The summed E-state index contributed by atoms with van der Waals surface area (Å²) in [6, 6.07) is 24.6. The SMILES string of the molecule is O=C(CCc1nc2ccccc2n(CCc2ccccc2)c1=O)N1CCN(Cc2ccccc2F)CC1. The molecule has 2 heterocycles. The molecule has 1 amide bonds. The Balaban J connectivity index is 1.22. The first-order valence-corrected chi connectivity index (χ1v) is 12.8. The van der Waals surface area contributed by atoms with E-state index in [4.69, 9.17) is 0 Å². The normalized spacial score (nSPS) is 14.2. The number of piperazine rings is 1. The van der Waals surface area contributed by atoms with Gasteiger partial charge in [0.2, 0.25) is 5.91 Å². The smallest absolute Gasteiger partial charge is 0.272 e. The molecule has 1 aliphatic heterocycles.